The highest BCUT2D eigenvalue weighted by Crippen LogP contribution is 2.27. The van der Waals surface area contributed by atoms with Crippen LogP contribution in [-0.4, -0.2) is 63.4 Å². The Bertz CT molecular complexity index is 1100. The van der Waals surface area contributed by atoms with Gasteiger partial charge in [-0.15, -0.1) is 0 Å². The number of rotatable bonds is 7. The van der Waals surface area contributed by atoms with Crippen molar-refractivity contribution in [2.45, 2.75) is 45.8 Å². The number of nitrogens with one attached hydrogen (secondary N) is 1. The lowest BCUT2D eigenvalue weighted by Crippen LogP contribution is -2.55. The number of hydrogen-bond donors (Lipinski definition) is 2. The summed E-state index contributed by atoms with van der Waals surface area (Å²) in [6.45, 7) is 10.3. The molecule has 1 heterocycles. The van der Waals surface area contributed by atoms with Gasteiger partial charge in [0, 0.05) is 61.5 Å². The van der Waals surface area contributed by atoms with Gasteiger partial charge in [-0.3, -0.25) is 14.7 Å². The summed E-state index contributed by atoms with van der Waals surface area (Å²) in [5, 5.41) is 3.17. The maximum absolute atomic E-state index is 13.4. The van der Waals surface area contributed by atoms with Crippen molar-refractivity contribution in [2.24, 2.45) is 10.7 Å². The fraction of sp³-hybridized carbons (Fsp3) is 0.429. The summed E-state index contributed by atoms with van der Waals surface area (Å²) in [5.74, 6) is 0.597. The van der Waals surface area contributed by atoms with Crippen LogP contribution < -0.4 is 20.7 Å². The Labute approximate surface area is 209 Å². The summed E-state index contributed by atoms with van der Waals surface area (Å²) in [4.78, 5) is 22.2. The molecule has 7 heteroatoms. The Morgan fingerprint density at radius 3 is 2.49 bits per heavy atom. The SMILES string of the molecule is CN=C/C(=C\N)c1cc(OC)cc([C@@H](C)NC(=O)c2cc(N3C[C@@H](C)N(C)[C@@H](C)C3)ccc2C)c1. The predicted molar refractivity (Wildman–Crippen MR) is 146 cm³/mol. The molecule has 0 radical (unpaired) electrons. The molecule has 0 aliphatic carbocycles. The van der Waals surface area contributed by atoms with E-state index >= 15 is 0 Å². The van der Waals surface area contributed by atoms with Gasteiger partial charge in [0.2, 0.25) is 0 Å². The molecule has 0 spiro atoms. The molecular formula is C28H39N5O2. The smallest absolute Gasteiger partial charge is 0.252 e. The first-order chi connectivity index (χ1) is 16.7. The van der Waals surface area contributed by atoms with E-state index in [4.69, 9.17) is 10.5 Å². The minimum absolute atomic E-state index is 0.0962. The second-order valence-electron chi connectivity index (χ2n) is 9.47. The van der Waals surface area contributed by atoms with Gasteiger partial charge in [0.05, 0.1) is 13.2 Å². The quantitative estimate of drug-likeness (QED) is 0.589. The summed E-state index contributed by atoms with van der Waals surface area (Å²) < 4.78 is 5.50. The standard InChI is InChI=1S/C28H39N5O2/c1-18-8-9-25(33-16-19(2)32(6)20(3)17-33)13-27(18)28(34)31-21(4)22-10-23(12-26(11-22)35-7)24(14-29)15-30-5/h8-15,19-21H,16-17,29H2,1-7H3,(H,31,34)/b24-14+,30-15?/t19-,20+,21-/m1/s1. The number of hydrogen-bond acceptors (Lipinski definition) is 6. The van der Waals surface area contributed by atoms with Gasteiger partial charge >= 0.3 is 0 Å². The van der Waals surface area contributed by atoms with Crippen molar-refractivity contribution in [3.05, 3.63) is 64.9 Å². The summed E-state index contributed by atoms with van der Waals surface area (Å²) >= 11 is 0. The van der Waals surface area contributed by atoms with Crippen LogP contribution >= 0.6 is 0 Å². The highest BCUT2D eigenvalue weighted by molar-refractivity contribution is 6.09. The Kier molecular flexibility index (Phi) is 8.57. The molecule has 1 fully saturated rings. The molecule has 0 aromatic heterocycles. The van der Waals surface area contributed by atoms with E-state index in [0.717, 1.165) is 41.0 Å². The van der Waals surface area contributed by atoms with E-state index in [-0.39, 0.29) is 11.9 Å². The molecule has 1 saturated heterocycles. The maximum Gasteiger partial charge on any atom is 0.252 e. The summed E-state index contributed by atoms with van der Waals surface area (Å²) in [6, 6.07) is 12.7. The van der Waals surface area contributed by atoms with Crippen molar-refractivity contribution >= 4 is 23.4 Å². The molecular weight excluding hydrogens is 438 g/mol. The van der Waals surface area contributed by atoms with Crippen LogP contribution in [0.25, 0.3) is 5.57 Å². The molecule has 3 atom stereocenters. The first-order valence-electron chi connectivity index (χ1n) is 12.1. The van der Waals surface area contributed by atoms with E-state index in [0.29, 0.717) is 23.4 Å². The monoisotopic (exact) mass is 477 g/mol. The lowest BCUT2D eigenvalue weighted by molar-refractivity contribution is 0.0939. The van der Waals surface area contributed by atoms with Crippen molar-refractivity contribution in [3.8, 4) is 5.75 Å². The number of nitrogens with two attached hydrogens (primary N) is 1. The number of likely N-dealkylation sites (N-methyl/N-ethyl adjacent to an activating group) is 1. The normalized spacial score (nSPS) is 20.2. The molecule has 3 rings (SSSR count). The molecule has 0 bridgehead atoms. The molecule has 2 aromatic rings. The van der Waals surface area contributed by atoms with Gasteiger partial charge in [-0.1, -0.05) is 6.07 Å². The molecule has 0 saturated carbocycles. The van der Waals surface area contributed by atoms with E-state index in [9.17, 15) is 4.79 Å². The Morgan fingerprint density at radius 1 is 1.20 bits per heavy atom. The van der Waals surface area contributed by atoms with Crippen molar-refractivity contribution in [2.75, 3.05) is 39.2 Å². The molecule has 1 aliphatic heterocycles. The number of anilines is 1. The first kappa shape index (κ1) is 26.3. The molecule has 1 amide bonds. The number of methoxy groups -OCH3 is 1. The van der Waals surface area contributed by atoms with E-state index in [2.05, 4.69) is 47.1 Å². The summed E-state index contributed by atoms with van der Waals surface area (Å²) in [7, 11) is 5.50. The number of benzene rings is 2. The zero-order chi connectivity index (χ0) is 25.7. The topological polar surface area (TPSA) is 83.2 Å². The average molecular weight is 478 g/mol. The molecule has 188 valence electrons. The lowest BCUT2D eigenvalue weighted by Gasteiger charge is -2.43. The van der Waals surface area contributed by atoms with Crippen LogP contribution in [-0.2, 0) is 0 Å². The zero-order valence-electron chi connectivity index (χ0n) is 22.0. The van der Waals surface area contributed by atoms with E-state index < -0.39 is 0 Å². The number of aryl methyl sites for hydroxylation is 1. The van der Waals surface area contributed by atoms with Crippen LogP contribution in [0.4, 0.5) is 5.69 Å². The second kappa shape index (κ2) is 11.4. The lowest BCUT2D eigenvalue weighted by atomic mass is 9.99. The number of piperazine rings is 1. The fourth-order valence-corrected chi connectivity index (χ4v) is 4.53. The Morgan fingerprint density at radius 2 is 1.89 bits per heavy atom. The number of ether oxygens (including phenoxy) is 1. The van der Waals surface area contributed by atoms with E-state index in [1.165, 1.54) is 6.20 Å². The van der Waals surface area contributed by atoms with Gasteiger partial charge < -0.3 is 20.7 Å². The molecule has 1 aliphatic rings. The van der Waals surface area contributed by atoms with Crippen LogP contribution in [0.3, 0.4) is 0 Å². The Balaban J connectivity index is 1.84. The predicted octanol–water partition coefficient (Wildman–Crippen LogP) is 4.02. The highest BCUT2D eigenvalue weighted by Gasteiger charge is 2.27. The van der Waals surface area contributed by atoms with Gasteiger partial charge in [-0.2, -0.15) is 0 Å². The minimum Gasteiger partial charge on any atom is -0.497 e. The van der Waals surface area contributed by atoms with Crippen molar-refractivity contribution < 1.29 is 9.53 Å². The molecule has 3 N–H and O–H groups in total. The van der Waals surface area contributed by atoms with Crippen molar-refractivity contribution in [3.63, 3.8) is 0 Å². The third-order valence-corrected chi connectivity index (χ3v) is 6.98. The van der Waals surface area contributed by atoms with Crippen LogP contribution in [0, 0.1) is 6.92 Å². The van der Waals surface area contributed by atoms with Gasteiger partial charge in [-0.05, 0) is 81.8 Å². The average Bonchev–Trinajstić information content (AvgIpc) is 2.85. The number of nitrogens with zero attached hydrogens (tertiary/aromatic N) is 3. The molecule has 2 aromatic carbocycles. The van der Waals surface area contributed by atoms with Crippen LogP contribution in [0.2, 0.25) is 0 Å². The number of carbonyl (C=O) groups is 1. The van der Waals surface area contributed by atoms with Gasteiger partial charge in [0.25, 0.3) is 5.91 Å². The van der Waals surface area contributed by atoms with Crippen LogP contribution in [0.1, 0.15) is 53.9 Å². The third-order valence-electron chi connectivity index (χ3n) is 6.98. The third kappa shape index (κ3) is 6.03. The highest BCUT2D eigenvalue weighted by atomic mass is 16.5. The zero-order valence-corrected chi connectivity index (χ0v) is 22.0. The van der Waals surface area contributed by atoms with Gasteiger partial charge in [0.1, 0.15) is 5.75 Å². The van der Waals surface area contributed by atoms with Crippen molar-refractivity contribution in [1.82, 2.24) is 10.2 Å². The molecule has 35 heavy (non-hydrogen) atoms. The number of carbonyl (C=O) groups excluding carboxylic acids is 1. The van der Waals surface area contributed by atoms with Gasteiger partial charge in [-0.25, -0.2) is 0 Å². The largest absolute Gasteiger partial charge is 0.497 e. The Hall–Kier alpha value is -3.32. The van der Waals surface area contributed by atoms with Crippen LogP contribution in [0.5, 0.6) is 5.75 Å². The number of aliphatic imine (C=N–C) groups is 1. The number of allylic oxidation sites excluding steroid dienone is 1. The summed E-state index contributed by atoms with van der Waals surface area (Å²) in [6.07, 6.45) is 3.22. The molecule has 0 unspecified atom stereocenters. The number of amides is 1. The van der Waals surface area contributed by atoms with Gasteiger partial charge in [0.15, 0.2) is 0 Å². The second-order valence-corrected chi connectivity index (χ2v) is 9.47. The van der Waals surface area contributed by atoms with E-state index in [1.807, 2.05) is 44.2 Å². The van der Waals surface area contributed by atoms with Crippen molar-refractivity contribution in [1.29, 1.82) is 0 Å². The van der Waals surface area contributed by atoms with E-state index in [1.54, 1.807) is 20.4 Å². The summed E-state index contributed by atoms with van der Waals surface area (Å²) in [5.41, 5.74) is 11.1. The minimum atomic E-state index is -0.235. The molecule has 7 nitrogen and oxygen atoms in total. The van der Waals surface area contributed by atoms with Crippen LogP contribution in [0.15, 0.2) is 47.6 Å². The fourth-order valence-electron chi connectivity index (χ4n) is 4.53. The first-order valence-corrected chi connectivity index (χ1v) is 12.1. The maximum atomic E-state index is 13.4.